The molecule has 2 nitrogen and oxygen atoms in total. The topological polar surface area (TPSA) is 17.0 Å². The minimum absolute atomic E-state index is 1.09. The molecule has 0 atom stereocenters. The van der Waals surface area contributed by atoms with Crippen LogP contribution in [0.2, 0.25) is 0 Å². The van der Waals surface area contributed by atoms with Crippen LogP contribution in [0.3, 0.4) is 0 Å². The van der Waals surface area contributed by atoms with Gasteiger partial charge in [-0.25, -0.2) is 0 Å². The quantitative estimate of drug-likeness (QED) is 0.290. The van der Waals surface area contributed by atoms with Crippen molar-refractivity contribution in [2.75, 3.05) is 5.32 Å². The van der Waals surface area contributed by atoms with Crippen LogP contribution in [0.4, 0.5) is 11.4 Å². The summed E-state index contributed by atoms with van der Waals surface area (Å²) >= 11 is 1.87. The maximum Gasteiger partial charge on any atom is 0.0548 e. The number of thiophene rings is 1. The molecule has 0 bridgehead atoms. The third kappa shape index (κ3) is 2.86. The predicted molar refractivity (Wildman–Crippen MR) is 143 cm³/mol. The molecular weight excluding hydrogens is 420 g/mol. The molecular formula is C30H20N2S. The van der Waals surface area contributed by atoms with E-state index in [1.807, 2.05) is 17.4 Å². The fourth-order valence-corrected chi connectivity index (χ4v) is 6.06. The fourth-order valence-electron chi connectivity index (χ4n) is 4.95. The second-order valence-corrected chi connectivity index (χ2v) is 9.41. The van der Waals surface area contributed by atoms with Crippen molar-refractivity contribution in [2.45, 2.75) is 0 Å². The van der Waals surface area contributed by atoms with Crippen molar-refractivity contribution in [3.8, 4) is 5.69 Å². The Morgan fingerprint density at radius 1 is 0.515 bits per heavy atom. The molecule has 0 radical (unpaired) electrons. The smallest absolute Gasteiger partial charge is 0.0548 e. The van der Waals surface area contributed by atoms with E-state index in [1.165, 1.54) is 47.7 Å². The zero-order chi connectivity index (χ0) is 21.8. The van der Waals surface area contributed by atoms with Gasteiger partial charge in [-0.1, -0.05) is 54.6 Å². The third-order valence-corrected chi connectivity index (χ3v) is 7.48. The minimum Gasteiger partial charge on any atom is -0.356 e. The van der Waals surface area contributed by atoms with Gasteiger partial charge in [-0.3, -0.25) is 0 Å². The van der Waals surface area contributed by atoms with Gasteiger partial charge in [0, 0.05) is 48.0 Å². The molecule has 0 spiro atoms. The first kappa shape index (κ1) is 18.5. The predicted octanol–water partition coefficient (Wildman–Crippen LogP) is 8.90. The summed E-state index contributed by atoms with van der Waals surface area (Å²) in [7, 11) is 0. The number of para-hydroxylation sites is 2. The van der Waals surface area contributed by atoms with E-state index >= 15 is 0 Å². The van der Waals surface area contributed by atoms with Crippen LogP contribution in [0.1, 0.15) is 0 Å². The van der Waals surface area contributed by atoms with Crippen molar-refractivity contribution in [3.05, 3.63) is 115 Å². The lowest BCUT2D eigenvalue weighted by molar-refractivity contribution is 1.18. The van der Waals surface area contributed by atoms with Gasteiger partial charge in [-0.2, -0.15) is 0 Å². The third-order valence-electron chi connectivity index (χ3n) is 6.35. The van der Waals surface area contributed by atoms with E-state index in [0.717, 1.165) is 11.4 Å². The SMILES string of the molecule is c1ccc(Nc2ccc3c(c2)c2c4c(ccc2n3-c2ccccc2)sc2ccccc24)cc1. The van der Waals surface area contributed by atoms with Crippen LogP contribution < -0.4 is 5.32 Å². The van der Waals surface area contributed by atoms with Gasteiger partial charge in [-0.05, 0) is 60.7 Å². The molecule has 0 saturated carbocycles. The number of nitrogens with one attached hydrogen (secondary N) is 1. The number of hydrogen-bond acceptors (Lipinski definition) is 2. The molecule has 0 unspecified atom stereocenters. The van der Waals surface area contributed by atoms with E-state index < -0.39 is 0 Å². The Kier molecular flexibility index (Phi) is 4.05. The van der Waals surface area contributed by atoms with Gasteiger partial charge < -0.3 is 9.88 Å². The Morgan fingerprint density at radius 2 is 1.24 bits per heavy atom. The number of aromatic nitrogens is 1. The van der Waals surface area contributed by atoms with Gasteiger partial charge >= 0.3 is 0 Å². The van der Waals surface area contributed by atoms with Crippen LogP contribution in [0.25, 0.3) is 47.7 Å². The van der Waals surface area contributed by atoms with Gasteiger partial charge in [0.2, 0.25) is 0 Å². The maximum atomic E-state index is 3.58. The largest absolute Gasteiger partial charge is 0.356 e. The molecule has 0 amide bonds. The van der Waals surface area contributed by atoms with Crippen LogP contribution in [0.15, 0.2) is 115 Å². The van der Waals surface area contributed by atoms with E-state index in [2.05, 4.69) is 119 Å². The average molecular weight is 441 g/mol. The summed E-state index contributed by atoms with van der Waals surface area (Å²) in [6, 6.07) is 41.1. The van der Waals surface area contributed by atoms with Crippen molar-refractivity contribution in [1.29, 1.82) is 0 Å². The van der Waals surface area contributed by atoms with Crippen molar-refractivity contribution in [2.24, 2.45) is 0 Å². The first-order valence-corrected chi connectivity index (χ1v) is 11.9. The lowest BCUT2D eigenvalue weighted by atomic mass is 10.0. The van der Waals surface area contributed by atoms with E-state index in [0.29, 0.717) is 0 Å². The number of rotatable bonds is 3. The lowest BCUT2D eigenvalue weighted by Gasteiger charge is -2.09. The Bertz CT molecular complexity index is 1780. The summed E-state index contributed by atoms with van der Waals surface area (Å²) in [5, 5.41) is 8.85. The van der Waals surface area contributed by atoms with E-state index in [1.54, 1.807) is 0 Å². The zero-order valence-corrected chi connectivity index (χ0v) is 18.6. The van der Waals surface area contributed by atoms with Crippen LogP contribution in [0.5, 0.6) is 0 Å². The minimum atomic E-state index is 1.09. The average Bonchev–Trinajstić information content (AvgIpc) is 3.40. The Morgan fingerprint density at radius 3 is 2.09 bits per heavy atom. The Hall–Kier alpha value is -4.08. The lowest BCUT2D eigenvalue weighted by Crippen LogP contribution is -1.93. The molecule has 0 fully saturated rings. The highest BCUT2D eigenvalue weighted by Crippen LogP contribution is 2.43. The van der Waals surface area contributed by atoms with Gasteiger partial charge in [0.05, 0.1) is 11.0 Å². The van der Waals surface area contributed by atoms with Gasteiger partial charge in [0.25, 0.3) is 0 Å². The molecule has 0 aliphatic heterocycles. The van der Waals surface area contributed by atoms with Crippen LogP contribution in [0, 0.1) is 0 Å². The van der Waals surface area contributed by atoms with Gasteiger partial charge in [0.15, 0.2) is 0 Å². The number of nitrogens with zero attached hydrogens (tertiary/aromatic N) is 1. The molecule has 0 aliphatic rings. The van der Waals surface area contributed by atoms with Crippen molar-refractivity contribution in [3.63, 3.8) is 0 Å². The molecule has 33 heavy (non-hydrogen) atoms. The summed E-state index contributed by atoms with van der Waals surface area (Å²) in [6.45, 7) is 0. The Balaban J connectivity index is 1.61. The van der Waals surface area contributed by atoms with E-state index in [-0.39, 0.29) is 0 Å². The molecule has 7 aromatic rings. The summed E-state index contributed by atoms with van der Waals surface area (Å²) in [5.74, 6) is 0. The molecule has 3 heteroatoms. The molecule has 7 rings (SSSR count). The van der Waals surface area contributed by atoms with Crippen molar-refractivity contribution < 1.29 is 0 Å². The molecule has 0 saturated heterocycles. The first-order chi connectivity index (χ1) is 16.4. The molecule has 2 heterocycles. The Labute approximate surface area is 195 Å². The molecule has 2 aromatic heterocycles. The monoisotopic (exact) mass is 440 g/mol. The first-order valence-electron chi connectivity index (χ1n) is 11.1. The van der Waals surface area contributed by atoms with E-state index in [9.17, 15) is 0 Å². The van der Waals surface area contributed by atoms with E-state index in [4.69, 9.17) is 0 Å². The normalized spacial score (nSPS) is 11.6. The maximum absolute atomic E-state index is 3.58. The highest BCUT2D eigenvalue weighted by atomic mass is 32.1. The second-order valence-electron chi connectivity index (χ2n) is 8.32. The van der Waals surface area contributed by atoms with Crippen molar-refractivity contribution in [1.82, 2.24) is 4.57 Å². The summed E-state index contributed by atoms with van der Waals surface area (Å²) in [6.07, 6.45) is 0. The highest BCUT2D eigenvalue weighted by molar-refractivity contribution is 7.26. The second kappa shape index (κ2) is 7.22. The van der Waals surface area contributed by atoms with Gasteiger partial charge in [-0.15, -0.1) is 11.3 Å². The fraction of sp³-hybridized carbons (Fsp3) is 0. The highest BCUT2D eigenvalue weighted by Gasteiger charge is 2.18. The summed E-state index contributed by atoms with van der Waals surface area (Å²) < 4.78 is 5.06. The van der Waals surface area contributed by atoms with Gasteiger partial charge in [0.1, 0.15) is 0 Å². The standard InChI is InChI=1S/C30H20N2S/c1-3-9-20(10-4-1)31-21-15-16-25-24(19-21)29-26(32(25)22-11-5-2-6-12-22)17-18-28-30(29)23-13-7-8-14-27(23)33-28/h1-19,31H. The zero-order valence-electron chi connectivity index (χ0n) is 17.8. The number of anilines is 2. The summed E-state index contributed by atoms with van der Waals surface area (Å²) in [4.78, 5) is 0. The molecule has 156 valence electrons. The molecule has 0 aliphatic carbocycles. The van der Waals surface area contributed by atoms with Crippen LogP contribution in [-0.4, -0.2) is 4.57 Å². The van der Waals surface area contributed by atoms with Crippen LogP contribution >= 0.6 is 11.3 Å². The summed E-state index contributed by atoms with van der Waals surface area (Å²) in [5.41, 5.74) is 5.83. The number of benzene rings is 5. The number of hydrogen-bond donors (Lipinski definition) is 1. The van der Waals surface area contributed by atoms with Crippen LogP contribution in [-0.2, 0) is 0 Å². The molecule has 1 N–H and O–H groups in total. The number of fused-ring (bicyclic) bond motifs is 7. The van der Waals surface area contributed by atoms with Crippen molar-refractivity contribution >= 4 is 64.7 Å². The molecule has 5 aromatic carbocycles.